The van der Waals surface area contributed by atoms with Crippen molar-refractivity contribution >= 4 is 33.6 Å². The molecule has 10 heteroatoms. The van der Waals surface area contributed by atoms with E-state index < -0.39 is 28.2 Å². The number of carbonyl (C=O) groups is 2. The minimum atomic E-state index is -3.62. The summed E-state index contributed by atoms with van der Waals surface area (Å²) in [4.78, 5) is 29.4. The third-order valence-corrected chi connectivity index (χ3v) is 4.62. The van der Waals surface area contributed by atoms with Crippen molar-refractivity contribution in [3.63, 3.8) is 0 Å². The normalized spacial score (nSPS) is 17.3. The number of benzene rings is 2. The van der Waals surface area contributed by atoms with E-state index in [0.29, 0.717) is 16.8 Å². The summed E-state index contributed by atoms with van der Waals surface area (Å²) in [6.45, 7) is -0.107. The fourth-order valence-corrected chi connectivity index (χ4v) is 3.05. The quantitative estimate of drug-likeness (QED) is 0.429. The summed E-state index contributed by atoms with van der Waals surface area (Å²) in [6.07, 6.45) is -0.387. The summed E-state index contributed by atoms with van der Waals surface area (Å²) in [5.41, 5.74) is 7.39. The molecule has 0 aliphatic carbocycles. The highest BCUT2D eigenvalue weighted by molar-refractivity contribution is 7.85. The van der Waals surface area contributed by atoms with E-state index in [-0.39, 0.29) is 19.0 Å². The van der Waals surface area contributed by atoms with Gasteiger partial charge in [0.05, 0.1) is 12.8 Å². The van der Waals surface area contributed by atoms with Gasteiger partial charge in [0.2, 0.25) is 0 Å². The van der Waals surface area contributed by atoms with Gasteiger partial charge in [-0.05, 0) is 36.4 Å². The number of nitrogens with zero attached hydrogens (tertiary/aromatic N) is 2. The molecule has 29 heavy (non-hydrogen) atoms. The molecule has 9 nitrogen and oxygen atoms in total. The van der Waals surface area contributed by atoms with Gasteiger partial charge in [0, 0.05) is 16.8 Å². The van der Waals surface area contributed by atoms with Gasteiger partial charge in [0.25, 0.3) is 16.0 Å². The van der Waals surface area contributed by atoms with Crippen LogP contribution in [0.25, 0.3) is 0 Å². The van der Waals surface area contributed by atoms with E-state index >= 15 is 0 Å². The van der Waals surface area contributed by atoms with Gasteiger partial charge in [0.15, 0.2) is 0 Å². The highest BCUT2D eigenvalue weighted by Gasteiger charge is 2.33. The second-order valence-corrected chi connectivity index (χ2v) is 7.96. The molecule has 1 aliphatic rings. The lowest BCUT2D eigenvalue weighted by Crippen LogP contribution is -2.26. The van der Waals surface area contributed by atoms with Crippen LogP contribution in [0.15, 0.2) is 59.6 Å². The molecule has 2 aromatic carbocycles. The standard InChI is InChI=1S/C19H19N3O6S/c1-29(25,26)27-12-16-11-22(19(24)28-16)15-9-7-13(8-10-15)17(20)21-18(23)14-5-3-2-4-6-14/h2-10,16H,11-12H2,1H3,(H2,20,21,23)/t16-/m0/s1. The topological polar surface area (TPSA) is 128 Å². The molecule has 2 amide bonds. The van der Waals surface area contributed by atoms with E-state index in [2.05, 4.69) is 9.18 Å². The molecule has 1 heterocycles. The van der Waals surface area contributed by atoms with Crippen LogP contribution in [0.4, 0.5) is 10.5 Å². The molecular weight excluding hydrogens is 398 g/mol. The van der Waals surface area contributed by atoms with Crippen LogP contribution in [0.3, 0.4) is 0 Å². The number of anilines is 1. The minimum absolute atomic E-state index is 0.0498. The first kappa shape index (κ1) is 20.5. The van der Waals surface area contributed by atoms with E-state index in [1.54, 1.807) is 54.6 Å². The Kier molecular flexibility index (Phi) is 5.95. The third kappa shape index (κ3) is 5.39. The van der Waals surface area contributed by atoms with Crippen molar-refractivity contribution in [1.82, 2.24) is 0 Å². The molecule has 1 aliphatic heterocycles. The Morgan fingerprint density at radius 1 is 1.17 bits per heavy atom. The van der Waals surface area contributed by atoms with E-state index in [9.17, 15) is 18.0 Å². The van der Waals surface area contributed by atoms with Crippen LogP contribution in [0, 0.1) is 0 Å². The van der Waals surface area contributed by atoms with Gasteiger partial charge in [-0.2, -0.15) is 13.4 Å². The first-order chi connectivity index (χ1) is 13.7. The van der Waals surface area contributed by atoms with Crippen molar-refractivity contribution < 1.29 is 26.9 Å². The SMILES string of the molecule is CS(=O)(=O)OC[C@@H]1CN(c2ccc(C(N)=NC(=O)c3ccccc3)cc2)C(=O)O1. The fourth-order valence-electron chi connectivity index (χ4n) is 2.65. The summed E-state index contributed by atoms with van der Waals surface area (Å²) in [5.74, 6) is -0.405. The van der Waals surface area contributed by atoms with E-state index in [1.165, 1.54) is 4.90 Å². The van der Waals surface area contributed by atoms with Gasteiger partial charge in [-0.25, -0.2) is 4.79 Å². The predicted octanol–water partition coefficient (Wildman–Crippen LogP) is 1.53. The number of rotatable bonds is 6. The number of amidine groups is 1. The lowest BCUT2D eigenvalue weighted by atomic mass is 10.1. The lowest BCUT2D eigenvalue weighted by molar-refractivity contribution is 0.100. The molecule has 1 atom stereocenters. The third-order valence-electron chi connectivity index (χ3n) is 4.06. The molecule has 2 aromatic rings. The fraction of sp³-hybridized carbons (Fsp3) is 0.211. The van der Waals surface area contributed by atoms with Crippen LogP contribution in [-0.4, -0.2) is 51.8 Å². The van der Waals surface area contributed by atoms with Crippen molar-refractivity contribution in [3.05, 3.63) is 65.7 Å². The zero-order chi connectivity index (χ0) is 21.0. The van der Waals surface area contributed by atoms with Gasteiger partial charge in [-0.15, -0.1) is 0 Å². The number of hydrogen-bond acceptors (Lipinski definition) is 6. The molecule has 2 N–H and O–H groups in total. The van der Waals surface area contributed by atoms with Crippen LogP contribution in [0.2, 0.25) is 0 Å². The molecule has 0 bridgehead atoms. The molecule has 0 saturated carbocycles. The summed E-state index contributed by atoms with van der Waals surface area (Å²) in [7, 11) is -3.62. The van der Waals surface area contributed by atoms with Crippen molar-refractivity contribution in [1.29, 1.82) is 0 Å². The van der Waals surface area contributed by atoms with E-state index in [0.717, 1.165) is 6.26 Å². The Balaban J connectivity index is 1.67. The Bertz CT molecular complexity index is 1040. The summed E-state index contributed by atoms with van der Waals surface area (Å²) >= 11 is 0. The Labute approximate surface area is 167 Å². The van der Waals surface area contributed by atoms with Gasteiger partial charge in [-0.1, -0.05) is 18.2 Å². The first-order valence-corrected chi connectivity index (χ1v) is 10.4. The van der Waals surface area contributed by atoms with Crippen LogP contribution in [-0.2, 0) is 19.0 Å². The number of amides is 2. The van der Waals surface area contributed by atoms with Crippen LogP contribution < -0.4 is 10.6 Å². The van der Waals surface area contributed by atoms with Crippen molar-refractivity contribution in [3.8, 4) is 0 Å². The van der Waals surface area contributed by atoms with Crippen LogP contribution in [0.5, 0.6) is 0 Å². The van der Waals surface area contributed by atoms with Crippen LogP contribution >= 0.6 is 0 Å². The average molecular weight is 417 g/mol. The maximum absolute atomic E-state index is 12.1. The highest BCUT2D eigenvalue weighted by Crippen LogP contribution is 2.22. The molecule has 152 valence electrons. The smallest absolute Gasteiger partial charge is 0.414 e. The second-order valence-electron chi connectivity index (χ2n) is 6.32. The predicted molar refractivity (Wildman–Crippen MR) is 106 cm³/mol. The summed E-state index contributed by atoms with van der Waals surface area (Å²) in [5, 5.41) is 0. The average Bonchev–Trinajstić information content (AvgIpc) is 3.07. The minimum Gasteiger partial charge on any atom is -0.441 e. The molecule has 1 fully saturated rings. The van der Waals surface area contributed by atoms with Crippen molar-refractivity contribution in [2.75, 3.05) is 24.3 Å². The van der Waals surface area contributed by atoms with E-state index in [4.69, 9.17) is 10.5 Å². The zero-order valence-corrected chi connectivity index (χ0v) is 16.3. The Morgan fingerprint density at radius 3 is 2.45 bits per heavy atom. The van der Waals surface area contributed by atoms with Gasteiger partial charge >= 0.3 is 6.09 Å². The van der Waals surface area contributed by atoms with Crippen molar-refractivity contribution in [2.45, 2.75) is 6.10 Å². The molecule has 0 spiro atoms. The molecule has 3 rings (SSSR count). The maximum Gasteiger partial charge on any atom is 0.414 e. The molecule has 0 aromatic heterocycles. The lowest BCUT2D eigenvalue weighted by Gasteiger charge is -2.13. The monoisotopic (exact) mass is 417 g/mol. The van der Waals surface area contributed by atoms with Gasteiger partial charge in [-0.3, -0.25) is 13.9 Å². The molecule has 0 unspecified atom stereocenters. The highest BCUT2D eigenvalue weighted by atomic mass is 32.2. The summed E-state index contributed by atoms with van der Waals surface area (Å²) < 4.78 is 31.9. The number of carbonyl (C=O) groups excluding carboxylic acids is 2. The number of cyclic esters (lactones) is 1. The first-order valence-electron chi connectivity index (χ1n) is 8.59. The number of ether oxygens (including phenoxy) is 1. The molecule has 0 radical (unpaired) electrons. The number of nitrogens with two attached hydrogens (primary N) is 1. The number of hydrogen-bond donors (Lipinski definition) is 1. The molecular formula is C19H19N3O6S. The summed E-state index contributed by atoms with van der Waals surface area (Å²) in [6, 6.07) is 15.1. The second kappa shape index (κ2) is 8.41. The Morgan fingerprint density at radius 2 is 1.83 bits per heavy atom. The van der Waals surface area contributed by atoms with Gasteiger partial charge in [0.1, 0.15) is 18.5 Å². The van der Waals surface area contributed by atoms with Crippen molar-refractivity contribution in [2.24, 2.45) is 10.7 Å². The Hall–Kier alpha value is -3.24. The zero-order valence-electron chi connectivity index (χ0n) is 15.5. The van der Waals surface area contributed by atoms with E-state index in [1.807, 2.05) is 0 Å². The van der Waals surface area contributed by atoms with Crippen LogP contribution in [0.1, 0.15) is 15.9 Å². The number of aliphatic imine (C=N–C) groups is 1. The van der Waals surface area contributed by atoms with Gasteiger partial charge < -0.3 is 10.5 Å². The molecule has 1 saturated heterocycles. The largest absolute Gasteiger partial charge is 0.441 e. The maximum atomic E-state index is 12.1.